The lowest BCUT2D eigenvalue weighted by molar-refractivity contribution is 0.415. The molecule has 3 nitrogen and oxygen atoms in total. The predicted octanol–water partition coefficient (Wildman–Crippen LogP) is 2.91. The second-order valence-corrected chi connectivity index (χ2v) is 4.91. The highest BCUT2D eigenvalue weighted by Gasteiger charge is 2.21. The van der Waals surface area contributed by atoms with E-state index < -0.39 is 0 Å². The molecule has 4 heteroatoms. The van der Waals surface area contributed by atoms with Gasteiger partial charge in [0.15, 0.2) is 0 Å². The minimum atomic E-state index is -0.168. The first-order chi connectivity index (χ1) is 8.75. The van der Waals surface area contributed by atoms with Gasteiger partial charge in [-0.2, -0.15) is 0 Å². The maximum absolute atomic E-state index is 13.7. The Morgan fingerprint density at radius 1 is 1.33 bits per heavy atom. The first-order valence-corrected chi connectivity index (χ1v) is 6.42. The van der Waals surface area contributed by atoms with E-state index >= 15 is 0 Å². The molecule has 0 saturated heterocycles. The summed E-state index contributed by atoms with van der Waals surface area (Å²) < 4.78 is 15.8. The van der Waals surface area contributed by atoms with Crippen molar-refractivity contribution >= 4 is 0 Å². The third kappa shape index (κ3) is 1.92. The van der Waals surface area contributed by atoms with E-state index in [-0.39, 0.29) is 5.82 Å². The quantitative estimate of drug-likeness (QED) is 0.814. The van der Waals surface area contributed by atoms with E-state index in [9.17, 15) is 4.39 Å². The minimum Gasteiger partial charge on any atom is -0.312 e. The molecular formula is C14H16FN3. The summed E-state index contributed by atoms with van der Waals surface area (Å²) >= 11 is 0. The molecular weight excluding hydrogens is 229 g/mol. The third-order valence-electron chi connectivity index (χ3n) is 3.61. The van der Waals surface area contributed by atoms with Gasteiger partial charge in [-0.15, -0.1) is 10.2 Å². The van der Waals surface area contributed by atoms with Crippen LogP contribution in [0.25, 0.3) is 0 Å². The molecule has 3 rings (SSSR count). The monoisotopic (exact) mass is 245 g/mol. The molecule has 18 heavy (non-hydrogen) atoms. The average Bonchev–Trinajstić information content (AvgIpc) is 2.77. The number of benzene rings is 1. The van der Waals surface area contributed by atoms with Crippen LogP contribution in [0, 0.1) is 5.82 Å². The number of hydrogen-bond acceptors (Lipinski definition) is 2. The smallest absolute Gasteiger partial charge is 0.137 e. The molecule has 1 aliphatic rings. The summed E-state index contributed by atoms with van der Waals surface area (Å²) in [7, 11) is 0. The third-order valence-corrected chi connectivity index (χ3v) is 3.61. The van der Waals surface area contributed by atoms with Gasteiger partial charge < -0.3 is 4.57 Å². The summed E-state index contributed by atoms with van der Waals surface area (Å²) in [5.74, 6) is 1.75. The number of aromatic nitrogens is 3. The lowest BCUT2D eigenvalue weighted by Gasteiger charge is -2.22. The number of rotatable bonds is 2. The molecule has 0 N–H and O–H groups in total. The zero-order valence-electron chi connectivity index (χ0n) is 10.4. The van der Waals surface area contributed by atoms with Gasteiger partial charge in [0.1, 0.15) is 17.5 Å². The van der Waals surface area contributed by atoms with Crippen LogP contribution in [0.2, 0.25) is 0 Å². The summed E-state index contributed by atoms with van der Waals surface area (Å²) in [5, 5.41) is 8.45. The molecule has 0 saturated carbocycles. The van der Waals surface area contributed by atoms with Gasteiger partial charge in [0, 0.05) is 18.9 Å². The molecule has 0 aliphatic carbocycles. The van der Waals surface area contributed by atoms with E-state index in [1.54, 1.807) is 6.07 Å². The van der Waals surface area contributed by atoms with Crippen molar-refractivity contribution < 1.29 is 4.39 Å². The Morgan fingerprint density at radius 2 is 2.17 bits per heavy atom. The first kappa shape index (κ1) is 11.4. The summed E-state index contributed by atoms with van der Waals surface area (Å²) in [6.07, 6.45) is 3.81. The molecule has 0 amide bonds. The van der Waals surface area contributed by atoms with Crippen LogP contribution >= 0.6 is 0 Å². The summed E-state index contributed by atoms with van der Waals surface area (Å²) in [5.41, 5.74) is 0.686. The standard InChI is InChI=1S/C14H16FN3/c1-10-5-4-8-13-16-17-14(18(10)13)9-11-6-2-3-7-12(11)15/h2-3,6-7,10H,4-5,8-9H2,1H3. The Labute approximate surface area is 106 Å². The van der Waals surface area contributed by atoms with Gasteiger partial charge in [0.05, 0.1) is 0 Å². The molecule has 2 aromatic rings. The van der Waals surface area contributed by atoms with Gasteiger partial charge in [0.25, 0.3) is 0 Å². The van der Waals surface area contributed by atoms with Crippen molar-refractivity contribution in [3.8, 4) is 0 Å². The van der Waals surface area contributed by atoms with Crippen molar-refractivity contribution in [3.63, 3.8) is 0 Å². The van der Waals surface area contributed by atoms with Crippen molar-refractivity contribution in [1.82, 2.24) is 14.8 Å². The molecule has 1 unspecified atom stereocenters. The fraction of sp³-hybridized carbons (Fsp3) is 0.429. The normalized spacial score (nSPS) is 18.7. The molecule has 94 valence electrons. The van der Waals surface area contributed by atoms with Gasteiger partial charge in [0.2, 0.25) is 0 Å². The van der Waals surface area contributed by atoms with E-state index in [1.807, 2.05) is 12.1 Å². The van der Waals surface area contributed by atoms with Gasteiger partial charge in [-0.25, -0.2) is 4.39 Å². The second kappa shape index (κ2) is 4.52. The van der Waals surface area contributed by atoms with E-state index in [0.29, 0.717) is 18.0 Å². The SMILES string of the molecule is CC1CCCc2nnc(Cc3ccccc3F)n21. The van der Waals surface area contributed by atoms with E-state index in [4.69, 9.17) is 0 Å². The van der Waals surface area contributed by atoms with Crippen LogP contribution in [0.5, 0.6) is 0 Å². The average molecular weight is 245 g/mol. The highest BCUT2D eigenvalue weighted by atomic mass is 19.1. The molecule has 1 aromatic carbocycles. The second-order valence-electron chi connectivity index (χ2n) is 4.91. The topological polar surface area (TPSA) is 30.7 Å². The molecule has 2 heterocycles. The number of nitrogens with zero attached hydrogens (tertiary/aromatic N) is 3. The number of hydrogen-bond donors (Lipinski definition) is 0. The Kier molecular flexibility index (Phi) is 2.86. The fourth-order valence-electron chi connectivity index (χ4n) is 2.66. The van der Waals surface area contributed by atoms with Gasteiger partial charge in [-0.05, 0) is 31.4 Å². The lowest BCUT2D eigenvalue weighted by Crippen LogP contribution is -2.18. The Bertz CT molecular complexity index is 562. The van der Waals surface area contributed by atoms with E-state index in [1.165, 1.54) is 12.5 Å². The number of fused-ring (bicyclic) bond motifs is 1. The predicted molar refractivity (Wildman–Crippen MR) is 66.9 cm³/mol. The molecule has 0 radical (unpaired) electrons. The van der Waals surface area contributed by atoms with Crippen LogP contribution in [0.4, 0.5) is 4.39 Å². The summed E-state index contributed by atoms with van der Waals surface area (Å²) in [6.45, 7) is 2.18. The zero-order valence-corrected chi connectivity index (χ0v) is 10.4. The number of halogens is 1. The Balaban J connectivity index is 1.95. The molecule has 1 aliphatic heterocycles. The molecule has 0 bridgehead atoms. The highest BCUT2D eigenvalue weighted by Crippen LogP contribution is 2.25. The van der Waals surface area contributed by atoms with Crippen molar-refractivity contribution in [2.24, 2.45) is 0 Å². The van der Waals surface area contributed by atoms with Crippen molar-refractivity contribution in [1.29, 1.82) is 0 Å². The minimum absolute atomic E-state index is 0.168. The van der Waals surface area contributed by atoms with E-state index in [2.05, 4.69) is 21.7 Å². The van der Waals surface area contributed by atoms with Gasteiger partial charge >= 0.3 is 0 Å². The maximum atomic E-state index is 13.7. The Morgan fingerprint density at radius 3 is 3.00 bits per heavy atom. The molecule has 1 atom stereocenters. The molecule has 0 spiro atoms. The summed E-state index contributed by atoms with van der Waals surface area (Å²) in [6, 6.07) is 7.29. The Hall–Kier alpha value is -1.71. The van der Waals surface area contributed by atoms with Crippen LogP contribution in [0.1, 0.15) is 43.0 Å². The van der Waals surface area contributed by atoms with Crippen LogP contribution in [0.15, 0.2) is 24.3 Å². The van der Waals surface area contributed by atoms with Gasteiger partial charge in [-0.1, -0.05) is 18.2 Å². The van der Waals surface area contributed by atoms with E-state index in [0.717, 1.165) is 24.5 Å². The molecule has 0 fully saturated rings. The van der Waals surface area contributed by atoms with Crippen LogP contribution in [-0.4, -0.2) is 14.8 Å². The van der Waals surface area contributed by atoms with Crippen LogP contribution < -0.4 is 0 Å². The number of aryl methyl sites for hydroxylation is 1. The first-order valence-electron chi connectivity index (χ1n) is 6.42. The maximum Gasteiger partial charge on any atom is 0.137 e. The fourth-order valence-corrected chi connectivity index (χ4v) is 2.66. The van der Waals surface area contributed by atoms with Crippen LogP contribution in [-0.2, 0) is 12.8 Å². The van der Waals surface area contributed by atoms with Crippen molar-refractivity contribution in [3.05, 3.63) is 47.3 Å². The van der Waals surface area contributed by atoms with Gasteiger partial charge in [-0.3, -0.25) is 0 Å². The van der Waals surface area contributed by atoms with Crippen molar-refractivity contribution in [2.45, 2.75) is 38.6 Å². The largest absolute Gasteiger partial charge is 0.312 e. The summed E-state index contributed by atoms with van der Waals surface area (Å²) in [4.78, 5) is 0. The molecule has 1 aromatic heterocycles. The van der Waals surface area contributed by atoms with Crippen molar-refractivity contribution in [2.75, 3.05) is 0 Å². The highest BCUT2D eigenvalue weighted by molar-refractivity contribution is 5.21. The zero-order chi connectivity index (χ0) is 12.5. The van der Waals surface area contributed by atoms with Crippen LogP contribution in [0.3, 0.4) is 0 Å². The lowest BCUT2D eigenvalue weighted by atomic mass is 10.0.